The highest BCUT2D eigenvalue weighted by Crippen LogP contribution is 2.31. The van der Waals surface area contributed by atoms with E-state index in [0.717, 1.165) is 16.9 Å². The number of amides is 2. The monoisotopic (exact) mass is 240 g/mol. The second-order valence-corrected chi connectivity index (χ2v) is 4.64. The summed E-state index contributed by atoms with van der Waals surface area (Å²) in [6.07, 6.45) is 6.15. The molecular weight excluding hydrogens is 228 g/mol. The zero-order valence-electron chi connectivity index (χ0n) is 9.77. The van der Waals surface area contributed by atoms with Crippen molar-refractivity contribution < 1.29 is 9.59 Å². The van der Waals surface area contributed by atoms with E-state index in [1.807, 2.05) is 18.2 Å². The van der Waals surface area contributed by atoms with Gasteiger partial charge in [-0.05, 0) is 23.8 Å². The molecule has 1 atom stereocenters. The lowest BCUT2D eigenvalue weighted by molar-refractivity contribution is -0.117. The molecule has 1 N–H and O–H groups in total. The van der Waals surface area contributed by atoms with E-state index in [-0.39, 0.29) is 17.7 Å². The zero-order chi connectivity index (χ0) is 12.7. The van der Waals surface area contributed by atoms with Crippen molar-refractivity contribution in [2.24, 2.45) is 5.92 Å². The van der Waals surface area contributed by atoms with E-state index >= 15 is 0 Å². The second kappa shape index (κ2) is 3.88. The number of carbonyl (C=O) groups is 2. The molecule has 18 heavy (non-hydrogen) atoms. The first-order chi connectivity index (χ1) is 8.67. The Balaban J connectivity index is 1.91. The van der Waals surface area contributed by atoms with Crippen molar-refractivity contribution in [2.45, 2.75) is 12.8 Å². The first-order valence-corrected chi connectivity index (χ1v) is 5.86. The Labute approximate surface area is 105 Å². The Morgan fingerprint density at radius 3 is 2.94 bits per heavy atom. The van der Waals surface area contributed by atoms with Crippen LogP contribution < -0.4 is 10.2 Å². The summed E-state index contributed by atoms with van der Waals surface area (Å²) in [5.74, 6) is 2.66. The summed E-state index contributed by atoms with van der Waals surface area (Å²) in [5.41, 5.74) is 2.60. The topological polar surface area (TPSA) is 49.4 Å². The molecule has 0 saturated carbocycles. The molecule has 1 saturated heterocycles. The summed E-state index contributed by atoms with van der Waals surface area (Å²) in [6, 6.07) is 5.58. The summed E-state index contributed by atoms with van der Waals surface area (Å²) in [5, 5.41) is 2.77. The number of anilines is 2. The molecule has 2 aliphatic rings. The van der Waals surface area contributed by atoms with Gasteiger partial charge in [0.2, 0.25) is 11.8 Å². The SMILES string of the molecule is C#CC1CC(=O)N(c2ccc3c(c2)CC(=O)N3)C1. The molecule has 1 fully saturated rings. The van der Waals surface area contributed by atoms with E-state index in [0.29, 0.717) is 19.4 Å². The van der Waals surface area contributed by atoms with Crippen molar-refractivity contribution in [1.82, 2.24) is 0 Å². The van der Waals surface area contributed by atoms with Crippen LogP contribution >= 0.6 is 0 Å². The lowest BCUT2D eigenvalue weighted by Gasteiger charge is -2.16. The van der Waals surface area contributed by atoms with Crippen LogP contribution in [0.3, 0.4) is 0 Å². The molecule has 1 unspecified atom stereocenters. The quantitative estimate of drug-likeness (QED) is 0.749. The molecule has 1 aromatic rings. The number of nitrogens with zero attached hydrogens (tertiary/aromatic N) is 1. The molecule has 4 heteroatoms. The van der Waals surface area contributed by atoms with Crippen LogP contribution in [-0.4, -0.2) is 18.4 Å². The number of carbonyl (C=O) groups excluding carboxylic acids is 2. The van der Waals surface area contributed by atoms with Gasteiger partial charge in [-0.15, -0.1) is 12.3 Å². The Morgan fingerprint density at radius 2 is 2.22 bits per heavy atom. The van der Waals surface area contributed by atoms with Crippen LogP contribution in [0.2, 0.25) is 0 Å². The van der Waals surface area contributed by atoms with E-state index < -0.39 is 0 Å². The van der Waals surface area contributed by atoms with E-state index in [1.54, 1.807) is 4.90 Å². The molecule has 2 amide bonds. The molecule has 2 heterocycles. The van der Waals surface area contributed by atoms with Crippen LogP contribution in [0.25, 0.3) is 0 Å². The fraction of sp³-hybridized carbons (Fsp3) is 0.286. The van der Waals surface area contributed by atoms with Gasteiger partial charge in [-0.3, -0.25) is 9.59 Å². The number of nitrogens with one attached hydrogen (secondary N) is 1. The largest absolute Gasteiger partial charge is 0.326 e. The minimum absolute atomic E-state index is 0.00333. The Bertz CT molecular complexity index is 586. The first kappa shape index (κ1) is 10.8. The van der Waals surface area contributed by atoms with Gasteiger partial charge in [0.1, 0.15) is 0 Å². The minimum Gasteiger partial charge on any atom is -0.326 e. The Morgan fingerprint density at radius 1 is 1.39 bits per heavy atom. The van der Waals surface area contributed by atoms with Crippen molar-refractivity contribution in [3.05, 3.63) is 23.8 Å². The fourth-order valence-corrected chi connectivity index (χ4v) is 2.45. The molecule has 0 aliphatic carbocycles. The van der Waals surface area contributed by atoms with Crippen molar-refractivity contribution >= 4 is 23.2 Å². The van der Waals surface area contributed by atoms with E-state index in [2.05, 4.69) is 11.2 Å². The van der Waals surface area contributed by atoms with E-state index in [1.165, 1.54) is 0 Å². The molecule has 0 radical (unpaired) electrons. The van der Waals surface area contributed by atoms with Gasteiger partial charge < -0.3 is 10.2 Å². The molecule has 0 aromatic heterocycles. The van der Waals surface area contributed by atoms with Crippen LogP contribution in [0.15, 0.2) is 18.2 Å². The maximum atomic E-state index is 11.9. The van der Waals surface area contributed by atoms with Gasteiger partial charge in [-0.1, -0.05) is 0 Å². The third kappa shape index (κ3) is 1.65. The Hall–Kier alpha value is -2.28. The summed E-state index contributed by atoms with van der Waals surface area (Å²) in [6.45, 7) is 0.565. The van der Waals surface area contributed by atoms with Crippen molar-refractivity contribution in [2.75, 3.05) is 16.8 Å². The van der Waals surface area contributed by atoms with Gasteiger partial charge in [0.05, 0.1) is 6.42 Å². The van der Waals surface area contributed by atoms with Crippen molar-refractivity contribution in [3.63, 3.8) is 0 Å². The summed E-state index contributed by atoms with van der Waals surface area (Å²) < 4.78 is 0. The predicted molar refractivity (Wildman–Crippen MR) is 68.1 cm³/mol. The normalized spacial score (nSPS) is 21.7. The average Bonchev–Trinajstić information content (AvgIpc) is 2.89. The van der Waals surface area contributed by atoms with Crippen LogP contribution in [0.4, 0.5) is 11.4 Å². The standard InChI is InChI=1S/C14H12N2O2/c1-2-9-5-14(18)16(8-9)11-3-4-12-10(6-11)7-13(17)15-12/h1,3-4,6,9H,5,7-8H2,(H,15,17). The van der Waals surface area contributed by atoms with Gasteiger partial charge in [-0.25, -0.2) is 0 Å². The number of fused-ring (bicyclic) bond motifs is 1. The number of terminal acetylenes is 1. The van der Waals surface area contributed by atoms with Gasteiger partial charge in [0.25, 0.3) is 0 Å². The molecule has 90 valence electrons. The van der Waals surface area contributed by atoms with Gasteiger partial charge in [0.15, 0.2) is 0 Å². The van der Waals surface area contributed by atoms with Crippen molar-refractivity contribution in [3.8, 4) is 12.3 Å². The lowest BCUT2D eigenvalue weighted by atomic mass is 10.1. The van der Waals surface area contributed by atoms with Gasteiger partial charge >= 0.3 is 0 Å². The molecule has 0 spiro atoms. The maximum absolute atomic E-state index is 11.9. The fourth-order valence-electron chi connectivity index (χ4n) is 2.45. The molecule has 2 aliphatic heterocycles. The number of rotatable bonds is 1. The minimum atomic E-state index is -0.00879. The highest BCUT2D eigenvalue weighted by molar-refractivity contribution is 6.01. The predicted octanol–water partition coefficient (Wildman–Crippen LogP) is 1.17. The van der Waals surface area contributed by atoms with E-state index in [4.69, 9.17) is 6.42 Å². The highest BCUT2D eigenvalue weighted by Gasteiger charge is 2.30. The van der Waals surface area contributed by atoms with Crippen LogP contribution in [0.5, 0.6) is 0 Å². The van der Waals surface area contributed by atoms with Crippen LogP contribution in [-0.2, 0) is 16.0 Å². The first-order valence-electron chi connectivity index (χ1n) is 5.86. The lowest BCUT2D eigenvalue weighted by Crippen LogP contribution is -2.24. The van der Waals surface area contributed by atoms with Gasteiger partial charge in [0, 0.05) is 30.3 Å². The summed E-state index contributed by atoms with van der Waals surface area (Å²) in [4.78, 5) is 24.8. The zero-order valence-corrected chi connectivity index (χ0v) is 9.77. The number of benzene rings is 1. The van der Waals surface area contributed by atoms with Crippen LogP contribution in [0.1, 0.15) is 12.0 Å². The Kier molecular flexibility index (Phi) is 2.34. The third-order valence-electron chi connectivity index (χ3n) is 3.39. The smallest absolute Gasteiger partial charge is 0.228 e. The number of hydrogen-bond donors (Lipinski definition) is 1. The molecule has 1 aromatic carbocycles. The second-order valence-electron chi connectivity index (χ2n) is 4.64. The van der Waals surface area contributed by atoms with Crippen molar-refractivity contribution in [1.29, 1.82) is 0 Å². The van der Waals surface area contributed by atoms with Crippen LogP contribution in [0, 0.1) is 18.3 Å². The average molecular weight is 240 g/mol. The highest BCUT2D eigenvalue weighted by atomic mass is 16.2. The molecule has 4 nitrogen and oxygen atoms in total. The maximum Gasteiger partial charge on any atom is 0.228 e. The van der Waals surface area contributed by atoms with E-state index in [9.17, 15) is 9.59 Å². The number of hydrogen-bond acceptors (Lipinski definition) is 2. The molecular formula is C14H12N2O2. The molecule has 0 bridgehead atoms. The summed E-state index contributed by atoms with van der Waals surface area (Å²) in [7, 11) is 0. The molecule has 3 rings (SSSR count). The van der Waals surface area contributed by atoms with Gasteiger partial charge in [-0.2, -0.15) is 0 Å². The summed E-state index contributed by atoms with van der Waals surface area (Å²) >= 11 is 0. The third-order valence-corrected chi connectivity index (χ3v) is 3.39.